The van der Waals surface area contributed by atoms with E-state index in [9.17, 15) is 21.6 Å². The van der Waals surface area contributed by atoms with Crippen LogP contribution in [0, 0.1) is 0 Å². The average molecular weight is 635 g/mol. The molecule has 0 aromatic heterocycles. The molecule has 1 fully saturated rings. The van der Waals surface area contributed by atoms with Crippen molar-refractivity contribution in [1.82, 2.24) is 14.1 Å². The molecule has 0 N–H and O–H groups in total. The highest BCUT2D eigenvalue weighted by Gasteiger charge is 2.48. The Labute approximate surface area is 257 Å². The van der Waals surface area contributed by atoms with Gasteiger partial charge >= 0.3 is 0 Å². The van der Waals surface area contributed by atoms with E-state index in [-0.39, 0.29) is 24.9 Å². The van der Waals surface area contributed by atoms with Crippen molar-refractivity contribution in [3.63, 3.8) is 0 Å². The Morgan fingerprint density at radius 2 is 1.60 bits per heavy atom. The predicted octanol–water partition coefficient (Wildman–Crippen LogP) is 2.91. The van der Waals surface area contributed by atoms with Gasteiger partial charge in [0.05, 0.1) is 30.9 Å². The monoisotopic (exact) mass is 634 g/mol. The van der Waals surface area contributed by atoms with Crippen LogP contribution < -0.4 is 4.31 Å². The second-order valence-electron chi connectivity index (χ2n) is 11.6. The largest absolute Gasteiger partial charge is 0.375 e. The second-order valence-corrected chi connectivity index (χ2v) is 15.7. The molecule has 1 saturated heterocycles. The third kappa shape index (κ3) is 7.78. The van der Waals surface area contributed by atoms with Crippen LogP contribution in [-0.4, -0.2) is 108 Å². The summed E-state index contributed by atoms with van der Waals surface area (Å²) in [6.45, 7) is 7.82. The maximum absolute atomic E-state index is 14.0. The van der Waals surface area contributed by atoms with Gasteiger partial charge in [0.25, 0.3) is 0 Å². The van der Waals surface area contributed by atoms with E-state index in [1.54, 1.807) is 4.90 Å². The molecule has 12 heteroatoms. The molecule has 2 aliphatic rings. The lowest BCUT2D eigenvalue weighted by atomic mass is 9.74. The number of nitrogens with zero attached hydrogens (tertiary/aromatic N) is 4. The number of piperidine rings is 1. The van der Waals surface area contributed by atoms with Crippen LogP contribution in [0.25, 0.3) is 0 Å². The second kappa shape index (κ2) is 14.1. The SMILES string of the molecule is CCN(CC)CCCS(=O)(=O)N(C)[C@H](COCc1ccccc1)C(=O)N1CCC2(CC1)CN(S(C)(=O)=O)c1ccccc12. The minimum atomic E-state index is -3.73. The first-order valence-electron chi connectivity index (χ1n) is 15.1. The number of para-hydroxylation sites is 1. The topological polar surface area (TPSA) is 108 Å². The van der Waals surface area contributed by atoms with Gasteiger partial charge in [0, 0.05) is 32.1 Å². The van der Waals surface area contributed by atoms with Gasteiger partial charge in [-0.2, -0.15) is 4.31 Å². The molecule has 1 spiro atoms. The van der Waals surface area contributed by atoms with Crippen molar-refractivity contribution >= 4 is 31.6 Å². The first-order valence-corrected chi connectivity index (χ1v) is 18.5. The van der Waals surface area contributed by atoms with Crippen molar-refractivity contribution in [1.29, 1.82) is 0 Å². The maximum atomic E-state index is 14.0. The number of amides is 1. The van der Waals surface area contributed by atoms with Crippen LogP contribution in [0.15, 0.2) is 54.6 Å². The normalized spacial score (nSPS) is 17.5. The summed E-state index contributed by atoms with van der Waals surface area (Å²) in [6.07, 6.45) is 2.86. The number of hydrogen-bond donors (Lipinski definition) is 0. The number of hydrogen-bond acceptors (Lipinski definition) is 7. The molecule has 0 radical (unpaired) electrons. The molecule has 0 saturated carbocycles. The van der Waals surface area contributed by atoms with Gasteiger partial charge in [-0.15, -0.1) is 0 Å². The number of carbonyl (C=O) groups excluding carboxylic acids is 1. The minimum absolute atomic E-state index is 0.0519. The van der Waals surface area contributed by atoms with Crippen molar-refractivity contribution in [3.8, 4) is 0 Å². The summed E-state index contributed by atoms with van der Waals surface area (Å²) in [4.78, 5) is 17.9. The molecule has 238 valence electrons. The third-order valence-corrected chi connectivity index (χ3v) is 12.0. The van der Waals surface area contributed by atoms with E-state index < -0.39 is 31.5 Å². The Balaban J connectivity index is 1.48. The van der Waals surface area contributed by atoms with E-state index in [4.69, 9.17) is 4.74 Å². The summed E-state index contributed by atoms with van der Waals surface area (Å²) in [5.74, 6) is -0.340. The standard InChI is InChI=1S/C31H46N4O6S2/c1-5-33(6-2)19-12-22-43(39,40)32(3)29(24-41-23-26-13-8-7-9-14-26)30(36)34-20-17-31(18-21-34)25-35(42(4,37)38)28-16-11-10-15-27(28)31/h7-11,13-16,29H,5-6,12,17-25H2,1-4H3/t29-/m1/s1. The highest BCUT2D eigenvalue weighted by molar-refractivity contribution is 7.92. The molecule has 4 rings (SSSR count). The molecule has 0 bridgehead atoms. The van der Waals surface area contributed by atoms with E-state index in [0.717, 1.165) is 24.2 Å². The Hall–Kier alpha value is -2.51. The van der Waals surface area contributed by atoms with Gasteiger partial charge in [-0.25, -0.2) is 16.8 Å². The van der Waals surface area contributed by atoms with Crippen LogP contribution in [0.5, 0.6) is 0 Å². The molecule has 2 aromatic carbocycles. The van der Waals surface area contributed by atoms with Crippen molar-refractivity contribution in [2.75, 3.05) is 69.2 Å². The van der Waals surface area contributed by atoms with Crippen LogP contribution in [0.3, 0.4) is 0 Å². The van der Waals surface area contributed by atoms with Gasteiger partial charge < -0.3 is 14.5 Å². The molecule has 1 atom stereocenters. The van der Waals surface area contributed by atoms with Crippen LogP contribution >= 0.6 is 0 Å². The van der Waals surface area contributed by atoms with Gasteiger partial charge in [0.2, 0.25) is 26.0 Å². The van der Waals surface area contributed by atoms with Gasteiger partial charge in [-0.3, -0.25) is 9.10 Å². The Kier molecular flexibility index (Phi) is 10.9. The summed E-state index contributed by atoms with van der Waals surface area (Å²) in [5, 5.41) is 0. The number of anilines is 1. The van der Waals surface area contributed by atoms with E-state index in [2.05, 4.69) is 18.7 Å². The zero-order valence-corrected chi connectivity index (χ0v) is 27.4. The molecular weight excluding hydrogens is 588 g/mol. The zero-order chi connectivity index (χ0) is 31.3. The number of likely N-dealkylation sites (N-methyl/N-ethyl adjacent to an activating group) is 1. The van der Waals surface area contributed by atoms with E-state index in [1.165, 1.54) is 21.9 Å². The van der Waals surface area contributed by atoms with E-state index in [0.29, 0.717) is 51.1 Å². The lowest BCUT2D eigenvalue weighted by Crippen LogP contribution is -2.55. The number of sulfonamides is 2. The van der Waals surface area contributed by atoms with Gasteiger partial charge in [-0.05, 0) is 56.1 Å². The fourth-order valence-corrected chi connectivity index (χ4v) is 8.54. The highest BCUT2D eigenvalue weighted by atomic mass is 32.2. The molecular formula is C31H46N4O6S2. The average Bonchev–Trinajstić information content (AvgIpc) is 3.32. The van der Waals surface area contributed by atoms with E-state index >= 15 is 0 Å². The van der Waals surface area contributed by atoms with Crippen molar-refractivity contribution < 1.29 is 26.4 Å². The first kappa shape index (κ1) is 33.4. The third-order valence-electron chi connectivity index (χ3n) is 8.94. The van der Waals surface area contributed by atoms with Crippen molar-refractivity contribution in [2.45, 2.75) is 51.2 Å². The first-order chi connectivity index (χ1) is 20.4. The smallest absolute Gasteiger partial charge is 0.243 e. The summed E-state index contributed by atoms with van der Waals surface area (Å²) in [6, 6.07) is 16.2. The number of benzene rings is 2. The maximum Gasteiger partial charge on any atom is 0.243 e. The highest BCUT2D eigenvalue weighted by Crippen LogP contribution is 2.47. The van der Waals surface area contributed by atoms with Crippen LogP contribution in [0.1, 0.15) is 44.2 Å². The molecule has 2 aromatic rings. The summed E-state index contributed by atoms with van der Waals surface area (Å²) < 4.78 is 60.7. The number of fused-ring (bicyclic) bond motifs is 2. The Morgan fingerprint density at radius 3 is 2.23 bits per heavy atom. The zero-order valence-electron chi connectivity index (χ0n) is 25.8. The molecule has 10 nitrogen and oxygen atoms in total. The van der Waals surface area contributed by atoms with Crippen LogP contribution in [-0.2, 0) is 41.6 Å². The quantitative estimate of drug-likeness (QED) is 0.315. The molecule has 0 unspecified atom stereocenters. The fraction of sp³-hybridized carbons (Fsp3) is 0.581. The van der Waals surface area contributed by atoms with Crippen LogP contribution in [0.2, 0.25) is 0 Å². The van der Waals surface area contributed by atoms with Gasteiger partial charge in [0.1, 0.15) is 6.04 Å². The fourth-order valence-electron chi connectivity index (χ4n) is 6.22. The van der Waals surface area contributed by atoms with Gasteiger partial charge in [-0.1, -0.05) is 62.4 Å². The van der Waals surface area contributed by atoms with Gasteiger partial charge in [0.15, 0.2) is 0 Å². The molecule has 2 aliphatic heterocycles. The van der Waals surface area contributed by atoms with Crippen LogP contribution in [0.4, 0.5) is 5.69 Å². The van der Waals surface area contributed by atoms with Crippen molar-refractivity contribution in [2.24, 2.45) is 0 Å². The van der Waals surface area contributed by atoms with E-state index in [1.807, 2.05) is 54.6 Å². The number of rotatable bonds is 14. The summed E-state index contributed by atoms with van der Waals surface area (Å²) >= 11 is 0. The lowest BCUT2D eigenvalue weighted by Gasteiger charge is -2.41. The molecule has 0 aliphatic carbocycles. The number of ether oxygens (including phenoxy) is 1. The Morgan fingerprint density at radius 1 is 0.977 bits per heavy atom. The summed E-state index contributed by atoms with van der Waals surface area (Å²) in [7, 11) is -5.71. The lowest BCUT2D eigenvalue weighted by molar-refractivity contribution is -0.138. The number of carbonyl (C=O) groups is 1. The predicted molar refractivity (Wildman–Crippen MR) is 170 cm³/mol. The minimum Gasteiger partial charge on any atom is -0.375 e. The molecule has 43 heavy (non-hydrogen) atoms. The Bertz CT molecular complexity index is 1440. The summed E-state index contributed by atoms with van der Waals surface area (Å²) in [5.41, 5.74) is 2.24. The molecule has 1 amide bonds. The van der Waals surface area contributed by atoms with Crippen molar-refractivity contribution in [3.05, 3.63) is 65.7 Å². The number of likely N-dealkylation sites (tertiary alicyclic amines) is 1. The molecule has 2 heterocycles.